The minimum absolute atomic E-state index is 0.230. The minimum Gasteiger partial charge on any atom is -0.505 e. The molecule has 1 aliphatic heterocycles. The van der Waals surface area contributed by atoms with Gasteiger partial charge >= 0.3 is 5.97 Å². The van der Waals surface area contributed by atoms with Crippen LogP contribution in [0.15, 0.2) is 23.9 Å². The first-order chi connectivity index (χ1) is 10.9. The molecule has 1 fully saturated rings. The van der Waals surface area contributed by atoms with Crippen LogP contribution < -0.4 is 0 Å². The molecule has 23 heavy (non-hydrogen) atoms. The lowest BCUT2D eigenvalue weighted by molar-refractivity contribution is -0.143. The monoisotopic (exact) mass is 317 g/mol. The molecule has 0 unspecified atom stereocenters. The van der Waals surface area contributed by atoms with E-state index < -0.39 is 23.2 Å². The molecule has 6 heteroatoms. The van der Waals surface area contributed by atoms with E-state index >= 15 is 0 Å². The minimum atomic E-state index is -1.10. The van der Waals surface area contributed by atoms with Crippen LogP contribution in [0.5, 0.6) is 0 Å². The second-order valence-corrected chi connectivity index (χ2v) is 6.42. The number of nitrogens with zero attached hydrogens (tertiary/aromatic N) is 1. The van der Waals surface area contributed by atoms with Crippen molar-refractivity contribution < 1.29 is 24.6 Å². The number of Topliss-reactive ketones (excluding diaryl/α,β-unsaturated/α-hetero) is 2. The molecular formula is C17H19NO5. The Morgan fingerprint density at radius 1 is 1.35 bits per heavy atom. The lowest BCUT2D eigenvalue weighted by atomic mass is 9.80. The van der Waals surface area contributed by atoms with Gasteiger partial charge in [-0.15, -0.1) is 0 Å². The predicted octanol–water partition coefficient (Wildman–Crippen LogP) is 2.29. The maximum Gasteiger partial charge on any atom is 0.306 e. The van der Waals surface area contributed by atoms with Crippen LogP contribution >= 0.6 is 0 Å². The number of carboxylic acid groups (broad SMARTS) is 1. The Balaban J connectivity index is 2.06. The van der Waals surface area contributed by atoms with E-state index in [1.54, 1.807) is 22.9 Å². The van der Waals surface area contributed by atoms with Crippen LogP contribution in [0.4, 0.5) is 0 Å². The number of carbonyl (C=O) groups is 3. The number of carbonyl (C=O) groups excluding carboxylic acids is 2. The Kier molecular flexibility index (Phi) is 3.62. The quantitative estimate of drug-likeness (QED) is 0.831. The summed E-state index contributed by atoms with van der Waals surface area (Å²) in [5.41, 5.74) is -0.577. The fourth-order valence-corrected chi connectivity index (χ4v) is 3.68. The van der Waals surface area contributed by atoms with E-state index in [-0.39, 0.29) is 23.5 Å². The molecule has 0 radical (unpaired) electrons. The van der Waals surface area contributed by atoms with Gasteiger partial charge in [-0.25, -0.2) is 0 Å². The largest absolute Gasteiger partial charge is 0.505 e. The number of aliphatic hydroxyl groups excluding tert-OH is 1. The highest BCUT2D eigenvalue weighted by Gasteiger charge is 2.50. The zero-order valence-corrected chi connectivity index (χ0v) is 12.9. The van der Waals surface area contributed by atoms with Crippen LogP contribution in [0.25, 0.3) is 5.76 Å². The van der Waals surface area contributed by atoms with Gasteiger partial charge in [0, 0.05) is 12.6 Å². The van der Waals surface area contributed by atoms with Gasteiger partial charge in [0.15, 0.2) is 17.3 Å². The van der Waals surface area contributed by atoms with E-state index in [1.807, 2.05) is 0 Å². The average Bonchev–Trinajstić information content (AvgIpc) is 3.15. The molecule has 1 aliphatic carbocycles. The number of aliphatic carboxylic acids is 1. The molecule has 2 heterocycles. The van der Waals surface area contributed by atoms with Crippen LogP contribution in [0.3, 0.4) is 0 Å². The molecule has 1 aromatic rings. The lowest BCUT2D eigenvalue weighted by Gasteiger charge is -2.35. The first-order valence-electron chi connectivity index (χ1n) is 7.81. The molecule has 1 spiro atoms. The van der Waals surface area contributed by atoms with E-state index in [1.165, 1.54) is 6.92 Å². The maximum atomic E-state index is 13.0. The summed E-state index contributed by atoms with van der Waals surface area (Å²) in [6.07, 6.45) is 4.50. The summed E-state index contributed by atoms with van der Waals surface area (Å²) in [6, 6.07) is 3.42. The number of fused-ring (bicyclic) bond motifs is 2. The molecule has 0 amide bonds. The van der Waals surface area contributed by atoms with Crippen molar-refractivity contribution in [3.8, 4) is 0 Å². The summed E-state index contributed by atoms with van der Waals surface area (Å²) in [7, 11) is 0. The normalized spacial score (nSPS) is 20.7. The highest BCUT2D eigenvalue weighted by atomic mass is 16.4. The number of hydrogen-bond donors (Lipinski definition) is 2. The summed E-state index contributed by atoms with van der Waals surface area (Å²) in [5, 5.41) is 19.4. The Morgan fingerprint density at radius 3 is 2.61 bits per heavy atom. The maximum absolute atomic E-state index is 13.0. The van der Waals surface area contributed by atoms with E-state index in [4.69, 9.17) is 5.11 Å². The molecule has 1 aromatic heterocycles. The lowest BCUT2D eigenvalue weighted by Crippen LogP contribution is -2.45. The van der Waals surface area contributed by atoms with Gasteiger partial charge in [-0.3, -0.25) is 14.4 Å². The third-order valence-electron chi connectivity index (χ3n) is 4.96. The Hall–Kier alpha value is -2.37. The first-order valence-corrected chi connectivity index (χ1v) is 7.81. The number of allylic oxidation sites excluding steroid dienone is 1. The zero-order valence-electron chi connectivity index (χ0n) is 12.9. The topological polar surface area (TPSA) is 96.6 Å². The molecule has 1 atom stereocenters. The number of rotatable bonds is 4. The third-order valence-corrected chi connectivity index (χ3v) is 4.96. The average molecular weight is 317 g/mol. The van der Waals surface area contributed by atoms with E-state index in [0.29, 0.717) is 18.5 Å². The Labute approximate surface area is 133 Å². The van der Waals surface area contributed by atoms with Crippen molar-refractivity contribution in [1.29, 1.82) is 0 Å². The molecule has 0 aromatic carbocycles. The fourth-order valence-electron chi connectivity index (χ4n) is 3.68. The van der Waals surface area contributed by atoms with Crippen molar-refractivity contribution in [1.82, 2.24) is 4.57 Å². The second-order valence-electron chi connectivity index (χ2n) is 6.42. The Morgan fingerprint density at radius 2 is 2.00 bits per heavy atom. The smallest absolute Gasteiger partial charge is 0.306 e. The number of ketones is 2. The van der Waals surface area contributed by atoms with Gasteiger partial charge in [0.25, 0.3) is 0 Å². The summed E-state index contributed by atoms with van der Waals surface area (Å²) in [4.78, 5) is 36.5. The molecule has 1 saturated carbocycles. The molecule has 2 N–H and O–H groups in total. The predicted molar refractivity (Wildman–Crippen MR) is 81.9 cm³/mol. The molecule has 122 valence electrons. The highest BCUT2D eigenvalue weighted by molar-refractivity contribution is 6.27. The molecular weight excluding hydrogens is 298 g/mol. The number of aromatic nitrogens is 1. The second kappa shape index (κ2) is 5.37. The summed E-state index contributed by atoms with van der Waals surface area (Å²) in [6.45, 7) is 1.42. The van der Waals surface area contributed by atoms with Gasteiger partial charge in [-0.05, 0) is 25.0 Å². The first kappa shape index (κ1) is 15.5. The SMILES string of the molecule is C[C@@H](CC(=O)C1=C(O)c2cccn2C2(CCCC2)C1=O)C(=O)O. The Bertz CT molecular complexity index is 721. The van der Waals surface area contributed by atoms with Crippen molar-refractivity contribution in [2.24, 2.45) is 5.92 Å². The van der Waals surface area contributed by atoms with Crippen LogP contribution in [-0.2, 0) is 19.9 Å². The van der Waals surface area contributed by atoms with Crippen molar-refractivity contribution in [3.63, 3.8) is 0 Å². The zero-order chi connectivity index (χ0) is 16.8. The summed E-state index contributed by atoms with van der Waals surface area (Å²) >= 11 is 0. The van der Waals surface area contributed by atoms with Crippen molar-refractivity contribution in [2.75, 3.05) is 0 Å². The molecule has 0 saturated heterocycles. The molecule has 3 rings (SSSR count). The van der Waals surface area contributed by atoms with Gasteiger partial charge in [0.05, 0.1) is 11.6 Å². The molecule has 2 aliphatic rings. The van der Waals surface area contributed by atoms with Gasteiger partial charge in [0.2, 0.25) is 0 Å². The highest BCUT2D eigenvalue weighted by Crippen LogP contribution is 2.45. The van der Waals surface area contributed by atoms with Crippen LogP contribution in [0.1, 0.15) is 44.7 Å². The number of aliphatic hydroxyl groups is 1. The summed E-state index contributed by atoms with van der Waals surface area (Å²) < 4.78 is 1.77. The van der Waals surface area contributed by atoms with Gasteiger partial charge < -0.3 is 14.8 Å². The van der Waals surface area contributed by atoms with Gasteiger partial charge in [0.1, 0.15) is 11.1 Å². The van der Waals surface area contributed by atoms with E-state index in [9.17, 15) is 19.5 Å². The van der Waals surface area contributed by atoms with Crippen molar-refractivity contribution >= 4 is 23.3 Å². The molecule has 6 nitrogen and oxygen atoms in total. The third kappa shape index (κ3) is 2.20. The van der Waals surface area contributed by atoms with Crippen LogP contribution in [0, 0.1) is 5.92 Å². The van der Waals surface area contributed by atoms with Crippen LogP contribution in [-0.4, -0.2) is 32.3 Å². The molecule has 0 bridgehead atoms. The standard InChI is InChI=1S/C17H19NO5/c1-10(16(22)23)9-12(19)13-14(20)11-5-4-8-18(11)17(15(13)21)6-2-3-7-17/h4-5,8,10,20H,2-3,6-7,9H2,1H3,(H,22,23)/t10-/m0/s1. The van der Waals surface area contributed by atoms with E-state index in [2.05, 4.69) is 0 Å². The van der Waals surface area contributed by atoms with Crippen LogP contribution in [0.2, 0.25) is 0 Å². The van der Waals surface area contributed by atoms with Gasteiger partial charge in [-0.1, -0.05) is 19.8 Å². The van der Waals surface area contributed by atoms with E-state index in [0.717, 1.165) is 12.8 Å². The van der Waals surface area contributed by atoms with Gasteiger partial charge in [-0.2, -0.15) is 0 Å². The number of carboxylic acids is 1. The summed E-state index contributed by atoms with van der Waals surface area (Å²) in [5.74, 6) is -3.30. The van der Waals surface area contributed by atoms with Crippen molar-refractivity contribution in [2.45, 2.75) is 44.6 Å². The fraction of sp³-hybridized carbons (Fsp3) is 0.471. The number of hydrogen-bond acceptors (Lipinski definition) is 4. The van der Waals surface area contributed by atoms with Crippen molar-refractivity contribution in [3.05, 3.63) is 29.6 Å².